The third-order valence-corrected chi connectivity index (χ3v) is 5.82. The Morgan fingerprint density at radius 2 is 1.56 bits per heavy atom. The molecule has 0 radical (unpaired) electrons. The molecule has 0 fully saturated rings. The Morgan fingerprint density at radius 1 is 1.00 bits per heavy atom. The smallest absolute Gasteiger partial charge is 0.328 e. The zero-order chi connectivity index (χ0) is 19.8. The molecule has 0 spiro atoms. The maximum atomic E-state index is 11.6. The summed E-state index contributed by atoms with van der Waals surface area (Å²) < 4.78 is 5.72. The lowest BCUT2D eigenvalue weighted by atomic mass is 9.62. The molecule has 27 heavy (non-hydrogen) atoms. The Morgan fingerprint density at radius 3 is 2.07 bits per heavy atom. The van der Waals surface area contributed by atoms with Crippen molar-refractivity contribution in [3.8, 4) is 5.75 Å². The SMILES string of the molecule is COc1cc2c(cc1C(=CC(=O)O)c1ccccc1)C(C)(C)CCC2(C)C. The fraction of sp³-hybridized carbons (Fsp3) is 0.375. The van der Waals surface area contributed by atoms with Crippen molar-refractivity contribution in [2.75, 3.05) is 7.11 Å². The average molecular weight is 364 g/mol. The Bertz CT molecular complexity index is 889. The van der Waals surface area contributed by atoms with Gasteiger partial charge in [0.1, 0.15) is 5.75 Å². The predicted octanol–water partition coefficient (Wildman–Crippen LogP) is 5.56. The van der Waals surface area contributed by atoms with Gasteiger partial charge in [0, 0.05) is 11.6 Å². The van der Waals surface area contributed by atoms with E-state index in [-0.39, 0.29) is 10.8 Å². The van der Waals surface area contributed by atoms with Crippen molar-refractivity contribution in [3.05, 3.63) is 70.8 Å². The number of rotatable bonds is 4. The Balaban J connectivity index is 2.30. The highest BCUT2D eigenvalue weighted by Crippen LogP contribution is 2.48. The third kappa shape index (κ3) is 3.64. The zero-order valence-electron chi connectivity index (χ0n) is 16.8. The summed E-state index contributed by atoms with van der Waals surface area (Å²) in [6, 6.07) is 13.9. The van der Waals surface area contributed by atoms with E-state index >= 15 is 0 Å². The van der Waals surface area contributed by atoms with Crippen LogP contribution in [0.2, 0.25) is 0 Å². The molecule has 3 nitrogen and oxygen atoms in total. The van der Waals surface area contributed by atoms with Gasteiger partial charge in [-0.3, -0.25) is 0 Å². The second-order valence-corrected chi connectivity index (χ2v) is 8.63. The fourth-order valence-corrected chi connectivity index (χ4v) is 4.03. The molecule has 1 aliphatic carbocycles. The highest BCUT2D eigenvalue weighted by molar-refractivity contribution is 5.96. The number of benzene rings is 2. The second kappa shape index (κ2) is 6.88. The Hall–Kier alpha value is -2.55. The van der Waals surface area contributed by atoms with Crippen LogP contribution in [0.5, 0.6) is 5.75 Å². The van der Waals surface area contributed by atoms with Gasteiger partial charge in [-0.25, -0.2) is 4.79 Å². The first-order chi connectivity index (χ1) is 12.7. The number of ether oxygens (including phenoxy) is 1. The second-order valence-electron chi connectivity index (χ2n) is 8.63. The van der Waals surface area contributed by atoms with Crippen LogP contribution in [0.4, 0.5) is 0 Å². The standard InChI is InChI=1S/C24H28O3/c1-23(2)11-12-24(3,4)20-15-21(27-5)18(13-19(20)23)17(14-22(25)26)16-9-7-6-8-10-16/h6-10,13-15H,11-12H2,1-5H3,(H,25,26). The lowest BCUT2D eigenvalue weighted by molar-refractivity contribution is -0.131. The van der Waals surface area contributed by atoms with Gasteiger partial charge in [0.25, 0.3) is 0 Å². The molecule has 0 aliphatic heterocycles. The minimum absolute atomic E-state index is 0.0386. The molecule has 2 aromatic rings. The van der Waals surface area contributed by atoms with E-state index in [0.717, 1.165) is 29.7 Å². The molecular weight excluding hydrogens is 336 g/mol. The van der Waals surface area contributed by atoms with Crippen LogP contribution in [0.1, 0.15) is 62.8 Å². The lowest BCUT2D eigenvalue weighted by Crippen LogP contribution is -2.34. The van der Waals surface area contributed by atoms with Crippen molar-refractivity contribution in [1.82, 2.24) is 0 Å². The number of hydrogen-bond acceptors (Lipinski definition) is 2. The normalized spacial score (nSPS) is 17.9. The molecule has 2 aromatic carbocycles. The molecule has 0 heterocycles. The molecule has 0 unspecified atom stereocenters. The van der Waals surface area contributed by atoms with Crippen LogP contribution >= 0.6 is 0 Å². The van der Waals surface area contributed by atoms with Gasteiger partial charge >= 0.3 is 5.97 Å². The van der Waals surface area contributed by atoms with Crippen molar-refractivity contribution in [2.45, 2.75) is 51.4 Å². The van der Waals surface area contributed by atoms with Crippen LogP contribution in [-0.2, 0) is 15.6 Å². The molecule has 3 rings (SSSR count). The van der Waals surface area contributed by atoms with Crippen LogP contribution < -0.4 is 4.74 Å². The highest BCUT2D eigenvalue weighted by Gasteiger charge is 2.38. The maximum Gasteiger partial charge on any atom is 0.328 e. The van der Waals surface area contributed by atoms with Crippen molar-refractivity contribution < 1.29 is 14.6 Å². The summed E-state index contributed by atoms with van der Waals surface area (Å²) in [5, 5.41) is 9.48. The Labute approximate surface area is 161 Å². The van der Waals surface area contributed by atoms with E-state index in [1.54, 1.807) is 7.11 Å². The molecule has 142 valence electrons. The van der Waals surface area contributed by atoms with Gasteiger partial charge in [-0.15, -0.1) is 0 Å². The van der Waals surface area contributed by atoms with E-state index in [2.05, 4.69) is 39.8 Å². The summed E-state index contributed by atoms with van der Waals surface area (Å²) in [7, 11) is 1.65. The van der Waals surface area contributed by atoms with Crippen LogP contribution in [0.15, 0.2) is 48.5 Å². The average Bonchev–Trinajstić information content (AvgIpc) is 2.63. The number of hydrogen-bond donors (Lipinski definition) is 1. The van der Waals surface area contributed by atoms with E-state index in [1.807, 2.05) is 30.3 Å². The van der Waals surface area contributed by atoms with Gasteiger partial charge in [0.15, 0.2) is 0 Å². The summed E-state index contributed by atoms with van der Waals surface area (Å²) in [5.41, 5.74) is 5.05. The summed E-state index contributed by atoms with van der Waals surface area (Å²) in [6.45, 7) is 9.07. The first kappa shape index (κ1) is 19.2. The highest BCUT2D eigenvalue weighted by atomic mass is 16.5. The van der Waals surface area contributed by atoms with Gasteiger partial charge in [-0.1, -0.05) is 58.0 Å². The minimum Gasteiger partial charge on any atom is -0.496 e. The maximum absolute atomic E-state index is 11.6. The molecule has 0 aromatic heterocycles. The molecule has 3 heteroatoms. The quantitative estimate of drug-likeness (QED) is 0.722. The first-order valence-electron chi connectivity index (χ1n) is 9.39. The molecule has 0 saturated heterocycles. The van der Waals surface area contributed by atoms with Gasteiger partial charge < -0.3 is 9.84 Å². The molecule has 1 N–H and O–H groups in total. The van der Waals surface area contributed by atoms with Crippen molar-refractivity contribution >= 4 is 11.5 Å². The molecule has 0 saturated carbocycles. The number of carboxylic acids is 1. The van der Waals surface area contributed by atoms with Gasteiger partial charge in [0.2, 0.25) is 0 Å². The summed E-state index contributed by atoms with van der Waals surface area (Å²) in [6.07, 6.45) is 3.49. The van der Waals surface area contributed by atoms with Gasteiger partial charge in [-0.2, -0.15) is 0 Å². The van der Waals surface area contributed by atoms with Crippen LogP contribution in [0.25, 0.3) is 5.57 Å². The third-order valence-electron chi connectivity index (χ3n) is 5.82. The van der Waals surface area contributed by atoms with Crippen LogP contribution in [-0.4, -0.2) is 18.2 Å². The summed E-state index contributed by atoms with van der Waals surface area (Å²) >= 11 is 0. The summed E-state index contributed by atoms with van der Waals surface area (Å²) in [4.78, 5) is 11.6. The van der Waals surface area contributed by atoms with E-state index in [4.69, 9.17) is 4.74 Å². The van der Waals surface area contributed by atoms with Crippen LogP contribution in [0.3, 0.4) is 0 Å². The van der Waals surface area contributed by atoms with Crippen molar-refractivity contribution in [2.24, 2.45) is 0 Å². The number of carbonyl (C=O) groups is 1. The number of aliphatic carboxylic acids is 1. The number of methoxy groups -OCH3 is 1. The molecule has 0 amide bonds. The molecule has 1 aliphatic rings. The first-order valence-corrected chi connectivity index (χ1v) is 9.39. The largest absolute Gasteiger partial charge is 0.496 e. The minimum atomic E-state index is -0.965. The van der Waals surface area contributed by atoms with E-state index in [9.17, 15) is 9.90 Å². The lowest BCUT2D eigenvalue weighted by Gasteiger charge is -2.42. The van der Waals surface area contributed by atoms with Crippen LogP contribution in [0, 0.1) is 0 Å². The number of carboxylic acid groups (broad SMARTS) is 1. The monoisotopic (exact) mass is 364 g/mol. The van der Waals surface area contributed by atoms with E-state index in [1.165, 1.54) is 17.2 Å². The van der Waals surface area contributed by atoms with E-state index in [0.29, 0.717) is 5.57 Å². The molecule has 0 atom stereocenters. The van der Waals surface area contributed by atoms with Gasteiger partial charge in [0.05, 0.1) is 7.11 Å². The predicted molar refractivity (Wildman–Crippen MR) is 109 cm³/mol. The number of fused-ring (bicyclic) bond motifs is 1. The molecular formula is C24H28O3. The Kier molecular flexibility index (Phi) is 4.90. The van der Waals surface area contributed by atoms with Gasteiger partial charge in [-0.05, 0) is 58.1 Å². The topological polar surface area (TPSA) is 46.5 Å². The summed E-state index contributed by atoms with van der Waals surface area (Å²) in [5.74, 6) is -0.246. The van der Waals surface area contributed by atoms with Crippen molar-refractivity contribution in [1.29, 1.82) is 0 Å². The molecule has 0 bridgehead atoms. The van der Waals surface area contributed by atoms with Crippen molar-refractivity contribution in [3.63, 3.8) is 0 Å². The fourth-order valence-electron chi connectivity index (χ4n) is 4.03. The zero-order valence-corrected chi connectivity index (χ0v) is 16.8. The van der Waals surface area contributed by atoms with E-state index < -0.39 is 5.97 Å².